The first-order chi connectivity index (χ1) is 5.11. The molecule has 0 saturated carbocycles. The van der Waals surface area contributed by atoms with Crippen LogP contribution < -0.4 is 5.73 Å². The minimum Gasteiger partial charge on any atom is -0.300 e. The van der Waals surface area contributed by atoms with Crippen LogP contribution in [0.4, 0.5) is 11.4 Å². The third kappa shape index (κ3) is 1.46. The van der Waals surface area contributed by atoms with Gasteiger partial charge in [0.05, 0.1) is 10.6 Å². The van der Waals surface area contributed by atoms with Crippen molar-refractivity contribution >= 4 is 11.4 Å². The molecule has 4 heteroatoms. The number of benzene rings is 1. The van der Waals surface area contributed by atoms with Gasteiger partial charge in [-0.3, -0.25) is 10.1 Å². The van der Waals surface area contributed by atoms with Gasteiger partial charge in [0.15, 0.2) is 0 Å². The van der Waals surface area contributed by atoms with Gasteiger partial charge in [-0.05, 0) is 12.5 Å². The fourth-order valence-electron chi connectivity index (χ4n) is 0.724. The van der Waals surface area contributed by atoms with Crippen molar-refractivity contribution in [3.63, 3.8) is 0 Å². The van der Waals surface area contributed by atoms with Crippen molar-refractivity contribution in [2.75, 3.05) is 0 Å². The van der Waals surface area contributed by atoms with E-state index in [2.05, 4.69) is 0 Å². The van der Waals surface area contributed by atoms with E-state index >= 15 is 0 Å². The summed E-state index contributed by atoms with van der Waals surface area (Å²) in [5.41, 5.74) is 8.18. The van der Waals surface area contributed by atoms with E-state index in [1.165, 1.54) is 12.1 Å². The van der Waals surface area contributed by atoms with E-state index in [-0.39, 0.29) is 11.4 Å². The van der Waals surface area contributed by atoms with Gasteiger partial charge in [0.25, 0.3) is 5.69 Å². The molecule has 0 aromatic heterocycles. The average molecular weight is 151 g/mol. The number of hydrogen-bond acceptors (Lipinski definition) is 2. The summed E-state index contributed by atoms with van der Waals surface area (Å²) >= 11 is 0. The Balaban J connectivity index is 3.15. The minimum absolute atomic E-state index is 0.0272. The standard InChI is InChI=1S/C7H7N2O2/c1-5-2-3-6(9(10)11)4-7(5)8/h2-4,8H,1H3. The predicted octanol–water partition coefficient (Wildman–Crippen LogP) is 1.82. The smallest absolute Gasteiger partial charge is 0.271 e. The Hall–Kier alpha value is -1.58. The quantitative estimate of drug-likeness (QED) is 0.453. The fourth-order valence-corrected chi connectivity index (χ4v) is 0.724. The van der Waals surface area contributed by atoms with Crippen LogP contribution in [0, 0.1) is 17.0 Å². The number of hydrogen-bond donors (Lipinski definition) is 0. The van der Waals surface area contributed by atoms with Crippen molar-refractivity contribution in [1.82, 2.24) is 5.73 Å². The van der Waals surface area contributed by atoms with E-state index in [0.29, 0.717) is 0 Å². The molecule has 0 unspecified atom stereocenters. The van der Waals surface area contributed by atoms with Gasteiger partial charge in [-0.15, -0.1) is 0 Å². The Morgan fingerprint density at radius 1 is 1.55 bits per heavy atom. The van der Waals surface area contributed by atoms with Crippen LogP contribution in [0.1, 0.15) is 5.56 Å². The molecule has 0 aliphatic rings. The normalized spacial score (nSPS) is 9.55. The van der Waals surface area contributed by atoms with Crippen LogP contribution in [0.25, 0.3) is 0 Å². The number of nitrogens with one attached hydrogen (secondary N) is 1. The summed E-state index contributed by atoms with van der Waals surface area (Å²) in [6.07, 6.45) is 0. The van der Waals surface area contributed by atoms with Crippen LogP contribution >= 0.6 is 0 Å². The van der Waals surface area contributed by atoms with Crippen LogP contribution in [0.5, 0.6) is 0 Å². The van der Waals surface area contributed by atoms with Crippen molar-refractivity contribution < 1.29 is 4.92 Å². The van der Waals surface area contributed by atoms with Crippen molar-refractivity contribution in [3.05, 3.63) is 33.9 Å². The second kappa shape index (κ2) is 2.57. The Kier molecular flexibility index (Phi) is 1.76. The molecule has 0 heterocycles. The van der Waals surface area contributed by atoms with Crippen LogP contribution in [0.2, 0.25) is 0 Å². The molecule has 11 heavy (non-hydrogen) atoms. The third-order valence-electron chi connectivity index (χ3n) is 1.43. The lowest BCUT2D eigenvalue weighted by atomic mass is 10.2. The lowest BCUT2D eigenvalue weighted by molar-refractivity contribution is -0.384. The summed E-state index contributed by atoms with van der Waals surface area (Å²) in [5.74, 6) is 0. The molecule has 0 atom stereocenters. The summed E-state index contributed by atoms with van der Waals surface area (Å²) in [6, 6.07) is 4.21. The molecule has 0 aliphatic heterocycles. The summed E-state index contributed by atoms with van der Waals surface area (Å²) in [5, 5.41) is 10.2. The Labute approximate surface area is 63.8 Å². The highest BCUT2D eigenvalue weighted by Crippen LogP contribution is 2.19. The number of non-ortho nitro benzene ring substituents is 1. The highest BCUT2D eigenvalue weighted by atomic mass is 16.6. The highest BCUT2D eigenvalue weighted by molar-refractivity contribution is 5.50. The lowest BCUT2D eigenvalue weighted by Gasteiger charge is -1.95. The van der Waals surface area contributed by atoms with Gasteiger partial charge in [0, 0.05) is 12.1 Å². The van der Waals surface area contributed by atoms with Crippen LogP contribution in [-0.2, 0) is 0 Å². The van der Waals surface area contributed by atoms with Crippen LogP contribution in [0.15, 0.2) is 18.2 Å². The second-order valence-corrected chi connectivity index (χ2v) is 2.26. The summed E-state index contributed by atoms with van der Waals surface area (Å²) in [4.78, 5) is 9.68. The molecule has 1 N–H and O–H groups in total. The van der Waals surface area contributed by atoms with E-state index in [4.69, 9.17) is 5.73 Å². The molecule has 0 amide bonds. The van der Waals surface area contributed by atoms with Crippen molar-refractivity contribution in [1.29, 1.82) is 0 Å². The molecular formula is C7H7N2O2. The Bertz CT molecular complexity index is 296. The fraction of sp³-hybridized carbons (Fsp3) is 0.143. The van der Waals surface area contributed by atoms with Gasteiger partial charge >= 0.3 is 0 Å². The first-order valence-corrected chi connectivity index (χ1v) is 3.08. The highest BCUT2D eigenvalue weighted by Gasteiger charge is 2.05. The van der Waals surface area contributed by atoms with Crippen LogP contribution in [-0.4, -0.2) is 4.92 Å². The summed E-state index contributed by atoms with van der Waals surface area (Å²) in [6.45, 7) is 1.74. The molecular weight excluding hydrogens is 144 g/mol. The van der Waals surface area contributed by atoms with Gasteiger partial charge in [-0.1, -0.05) is 6.07 Å². The molecule has 0 spiro atoms. The zero-order valence-corrected chi connectivity index (χ0v) is 6.00. The maximum Gasteiger partial charge on any atom is 0.271 e. The van der Waals surface area contributed by atoms with E-state index in [0.717, 1.165) is 5.56 Å². The third-order valence-corrected chi connectivity index (χ3v) is 1.43. The zero-order chi connectivity index (χ0) is 8.43. The first kappa shape index (κ1) is 7.53. The molecule has 1 aromatic carbocycles. The van der Waals surface area contributed by atoms with E-state index < -0.39 is 4.92 Å². The molecule has 1 rings (SSSR count). The van der Waals surface area contributed by atoms with Crippen LogP contribution in [0.3, 0.4) is 0 Å². The number of nitro groups is 1. The Morgan fingerprint density at radius 2 is 2.18 bits per heavy atom. The maximum absolute atomic E-state index is 10.2. The van der Waals surface area contributed by atoms with E-state index in [9.17, 15) is 10.1 Å². The van der Waals surface area contributed by atoms with E-state index in [1.807, 2.05) is 0 Å². The first-order valence-electron chi connectivity index (χ1n) is 3.08. The summed E-state index contributed by atoms with van der Waals surface area (Å²) in [7, 11) is 0. The predicted molar refractivity (Wildman–Crippen MR) is 40.6 cm³/mol. The molecule has 0 saturated heterocycles. The van der Waals surface area contributed by atoms with E-state index in [1.54, 1.807) is 13.0 Å². The number of rotatable bonds is 1. The van der Waals surface area contributed by atoms with Gasteiger partial charge in [-0.2, -0.15) is 0 Å². The largest absolute Gasteiger partial charge is 0.300 e. The molecule has 0 aliphatic carbocycles. The molecule has 57 valence electrons. The van der Waals surface area contributed by atoms with Crippen molar-refractivity contribution in [2.45, 2.75) is 6.92 Å². The molecule has 1 radical (unpaired) electrons. The SMILES string of the molecule is Cc1ccc([N+](=O)[O-])cc1[NH]. The molecule has 1 aromatic rings. The number of nitrogens with zero attached hydrogens (tertiary/aromatic N) is 1. The molecule has 0 fully saturated rings. The van der Waals surface area contributed by atoms with Gasteiger partial charge in [0.2, 0.25) is 0 Å². The van der Waals surface area contributed by atoms with Crippen molar-refractivity contribution in [2.24, 2.45) is 0 Å². The lowest BCUT2D eigenvalue weighted by Crippen LogP contribution is -1.88. The maximum atomic E-state index is 10.2. The monoisotopic (exact) mass is 151 g/mol. The topological polar surface area (TPSA) is 66.9 Å². The average Bonchev–Trinajstić information content (AvgIpc) is 1.94. The number of nitro benzene ring substituents is 1. The second-order valence-electron chi connectivity index (χ2n) is 2.26. The van der Waals surface area contributed by atoms with Crippen molar-refractivity contribution in [3.8, 4) is 0 Å². The minimum atomic E-state index is -0.502. The van der Waals surface area contributed by atoms with Gasteiger partial charge < -0.3 is 5.73 Å². The molecule has 0 bridgehead atoms. The zero-order valence-electron chi connectivity index (χ0n) is 6.00. The van der Waals surface area contributed by atoms with Gasteiger partial charge in [-0.25, -0.2) is 0 Å². The molecule has 4 nitrogen and oxygen atoms in total. The number of aryl methyl sites for hydroxylation is 1. The Morgan fingerprint density at radius 3 is 2.64 bits per heavy atom. The van der Waals surface area contributed by atoms with Gasteiger partial charge in [0.1, 0.15) is 0 Å². The summed E-state index contributed by atoms with van der Waals surface area (Å²) < 4.78 is 0.